The maximum Gasteiger partial charge on any atom is 0.252 e. The highest BCUT2D eigenvalue weighted by Crippen LogP contribution is 2.21. The monoisotopic (exact) mass is 366 g/mol. The molecule has 0 bridgehead atoms. The molecule has 3 N–H and O–H groups in total. The van der Waals surface area contributed by atoms with Crippen LogP contribution >= 0.6 is 27.5 Å². The molecule has 1 amide bonds. The van der Waals surface area contributed by atoms with Crippen LogP contribution in [-0.2, 0) is 0 Å². The molecule has 1 unspecified atom stereocenters. The maximum atomic E-state index is 12.1. The minimum absolute atomic E-state index is 0.0832. The molecule has 2 aromatic carbocycles. The molecule has 0 radical (unpaired) electrons. The third-order valence-corrected chi connectivity index (χ3v) is 4.04. The van der Waals surface area contributed by atoms with Crippen LogP contribution in [0.2, 0.25) is 5.02 Å². The average molecular weight is 368 g/mol. The predicted octanol–water partition coefficient (Wildman–Crippen LogP) is 3.92. The van der Waals surface area contributed by atoms with Crippen molar-refractivity contribution in [1.82, 2.24) is 5.32 Å². The Labute approximate surface area is 137 Å². The molecule has 0 aliphatic heterocycles. The van der Waals surface area contributed by atoms with Gasteiger partial charge in [-0.1, -0.05) is 41.9 Å². The van der Waals surface area contributed by atoms with Gasteiger partial charge >= 0.3 is 0 Å². The first-order valence-corrected chi connectivity index (χ1v) is 7.79. The molecule has 0 saturated heterocycles. The van der Waals surface area contributed by atoms with E-state index in [1.807, 2.05) is 30.3 Å². The van der Waals surface area contributed by atoms with E-state index in [1.165, 1.54) is 0 Å². The number of nitrogens with two attached hydrogens (primary N) is 1. The van der Waals surface area contributed by atoms with E-state index in [9.17, 15) is 4.79 Å². The molecule has 0 aliphatic carbocycles. The van der Waals surface area contributed by atoms with E-state index < -0.39 is 0 Å². The molecule has 0 aliphatic rings. The topological polar surface area (TPSA) is 55.1 Å². The van der Waals surface area contributed by atoms with Crippen molar-refractivity contribution < 1.29 is 4.79 Å². The summed E-state index contributed by atoms with van der Waals surface area (Å²) in [6.07, 6.45) is 0.682. The molecular formula is C16H16BrClN2O. The zero-order valence-electron chi connectivity index (χ0n) is 11.4. The molecule has 0 fully saturated rings. The van der Waals surface area contributed by atoms with Gasteiger partial charge in [0.25, 0.3) is 5.91 Å². The smallest absolute Gasteiger partial charge is 0.252 e. The van der Waals surface area contributed by atoms with Gasteiger partial charge in [-0.15, -0.1) is 0 Å². The standard InChI is InChI=1S/C16H16BrClN2O/c17-14-10-12(18)6-7-13(14)16(21)20-9-8-15(19)11-4-2-1-3-5-11/h1-7,10,15H,8-9,19H2,(H,20,21). The lowest BCUT2D eigenvalue weighted by molar-refractivity contribution is 0.0952. The summed E-state index contributed by atoms with van der Waals surface area (Å²) < 4.78 is 0.680. The lowest BCUT2D eigenvalue weighted by Crippen LogP contribution is -2.27. The maximum absolute atomic E-state index is 12.1. The number of halogens is 2. The molecule has 2 aromatic rings. The number of benzene rings is 2. The number of hydrogen-bond acceptors (Lipinski definition) is 2. The second-order valence-corrected chi connectivity index (χ2v) is 5.98. The normalized spacial score (nSPS) is 12.0. The van der Waals surface area contributed by atoms with Crippen molar-refractivity contribution in [1.29, 1.82) is 0 Å². The van der Waals surface area contributed by atoms with Gasteiger partial charge in [-0.2, -0.15) is 0 Å². The van der Waals surface area contributed by atoms with Gasteiger partial charge < -0.3 is 11.1 Å². The Kier molecular flexibility index (Phi) is 5.79. The first kappa shape index (κ1) is 16.0. The third-order valence-electron chi connectivity index (χ3n) is 3.14. The van der Waals surface area contributed by atoms with Crippen LogP contribution in [0.3, 0.4) is 0 Å². The van der Waals surface area contributed by atoms with E-state index in [0.29, 0.717) is 28.0 Å². The van der Waals surface area contributed by atoms with Crippen molar-refractivity contribution in [3.05, 3.63) is 69.2 Å². The SMILES string of the molecule is NC(CCNC(=O)c1ccc(Cl)cc1Br)c1ccccc1. The highest BCUT2D eigenvalue weighted by atomic mass is 79.9. The van der Waals surface area contributed by atoms with Crippen LogP contribution in [0.15, 0.2) is 53.0 Å². The fourth-order valence-corrected chi connectivity index (χ4v) is 2.84. The summed E-state index contributed by atoms with van der Waals surface area (Å²) in [7, 11) is 0. The van der Waals surface area contributed by atoms with E-state index in [-0.39, 0.29) is 11.9 Å². The quantitative estimate of drug-likeness (QED) is 0.841. The summed E-state index contributed by atoms with van der Waals surface area (Å²) in [5.41, 5.74) is 7.72. The summed E-state index contributed by atoms with van der Waals surface area (Å²) in [5.74, 6) is -0.140. The minimum atomic E-state index is -0.140. The van der Waals surface area contributed by atoms with Crippen LogP contribution in [0.4, 0.5) is 0 Å². The van der Waals surface area contributed by atoms with Gasteiger partial charge in [0, 0.05) is 22.1 Å². The highest BCUT2D eigenvalue weighted by Gasteiger charge is 2.11. The number of amides is 1. The number of carbonyl (C=O) groups excluding carboxylic acids is 1. The zero-order valence-corrected chi connectivity index (χ0v) is 13.7. The van der Waals surface area contributed by atoms with Gasteiger partial charge in [-0.3, -0.25) is 4.79 Å². The van der Waals surface area contributed by atoms with Crippen LogP contribution in [-0.4, -0.2) is 12.5 Å². The Morgan fingerprint density at radius 3 is 2.62 bits per heavy atom. The van der Waals surface area contributed by atoms with Crippen molar-refractivity contribution in [2.45, 2.75) is 12.5 Å². The van der Waals surface area contributed by atoms with Crippen LogP contribution in [0.1, 0.15) is 28.4 Å². The fraction of sp³-hybridized carbons (Fsp3) is 0.188. The second-order valence-electron chi connectivity index (χ2n) is 4.69. The van der Waals surface area contributed by atoms with Gasteiger partial charge in [0.2, 0.25) is 0 Å². The number of carbonyl (C=O) groups is 1. The third kappa shape index (κ3) is 4.56. The van der Waals surface area contributed by atoms with Crippen molar-refractivity contribution >= 4 is 33.4 Å². The van der Waals surface area contributed by atoms with Crippen molar-refractivity contribution in [3.63, 3.8) is 0 Å². The molecule has 0 spiro atoms. The fourth-order valence-electron chi connectivity index (χ4n) is 1.98. The summed E-state index contributed by atoms with van der Waals surface area (Å²) in [6, 6.07) is 14.8. The predicted molar refractivity (Wildman–Crippen MR) is 89.5 cm³/mol. The van der Waals surface area contributed by atoms with E-state index in [0.717, 1.165) is 5.56 Å². The van der Waals surface area contributed by atoms with Gasteiger partial charge in [0.15, 0.2) is 0 Å². The summed E-state index contributed by atoms with van der Waals surface area (Å²) in [4.78, 5) is 12.1. The Bertz CT molecular complexity index is 619. The van der Waals surface area contributed by atoms with Crippen LogP contribution in [0.25, 0.3) is 0 Å². The first-order valence-electron chi connectivity index (χ1n) is 6.61. The lowest BCUT2D eigenvalue weighted by atomic mass is 10.1. The second kappa shape index (κ2) is 7.59. The molecule has 2 rings (SSSR count). The first-order chi connectivity index (χ1) is 10.1. The average Bonchev–Trinajstić information content (AvgIpc) is 2.47. The van der Waals surface area contributed by atoms with Crippen molar-refractivity contribution in [2.75, 3.05) is 6.54 Å². The van der Waals surface area contributed by atoms with E-state index >= 15 is 0 Å². The van der Waals surface area contributed by atoms with Crippen LogP contribution in [0, 0.1) is 0 Å². The number of hydrogen-bond donors (Lipinski definition) is 2. The molecule has 0 aromatic heterocycles. The molecular weight excluding hydrogens is 352 g/mol. The van der Waals surface area contributed by atoms with Gasteiger partial charge in [-0.05, 0) is 46.1 Å². The summed E-state index contributed by atoms with van der Waals surface area (Å²) >= 11 is 9.19. The Morgan fingerprint density at radius 2 is 1.95 bits per heavy atom. The van der Waals surface area contributed by atoms with Crippen LogP contribution in [0.5, 0.6) is 0 Å². The largest absolute Gasteiger partial charge is 0.352 e. The molecule has 110 valence electrons. The lowest BCUT2D eigenvalue weighted by Gasteiger charge is -2.13. The summed E-state index contributed by atoms with van der Waals surface area (Å²) in [6.45, 7) is 0.518. The molecule has 5 heteroatoms. The highest BCUT2D eigenvalue weighted by molar-refractivity contribution is 9.10. The van der Waals surface area contributed by atoms with Crippen molar-refractivity contribution in [2.24, 2.45) is 5.73 Å². The van der Waals surface area contributed by atoms with Crippen molar-refractivity contribution in [3.8, 4) is 0 Å². The number of rotatable bonds is 5. The van der Waals surface area contributed by atoms with Gasteiger partial charge in [0.1, 0.15) is 0 Å². The van der Waals surface area contributed by atoms with E-state index in [2.05, 4.69) is 21.2 Å². The van der Waals surface area contributed by atoms with Gasteiger partial charge in [0.05, 0.1) is 5.56 Å². The number of nitrogens with one attached hydrogen (secondary N) is 1. The molecule has 0 heterocycles. The van der Waals surface area contributed by atoms with E-state index in [1.54, 1.807) is 18.2 Å². The molecule has 3 nitrogen and oxygen atoms in total. The molecule has 1 atom stereocenters. The summed E-state index contributed by atoms with van der Waals surface area (Å²) in [5, 5.41) is 3.46. The molecule has 0 saturated carbocycles. The minimum Gasteiger partial charge on any atom is -0.352 e. The Hall–Kier alpha value is -1.36. The van der Waals surface area contributed by atoms with Crippen LogP contribution < -0.4 is 11.1 Å². The zero-order chi connectivity index (χ0) is 15.2. The molecule has 21 heavy (non-hydrogen) atoms. The Balaban J connectivity index is 1.87. The Morgan fingerprint density at radius 1 is 1.24 bits per heavy atom. The van der Waals surface area contributed by atoms with Gasteiger partial charge in [-0.25, -0.2) is 0 Å². The van der Waals surface area contributed by atoms with E-state index in [4.69, 9.17) is 17.3 Å².